The second kappa shape index (κ2) is 4.37. The zero-order valence-electron chi connectivity index (χ0n) is 6.73. The lowest BCUT2D eigenvalue weighted by Gasteiger charge is -2.01. The molecule has 0 saturated carbocycles. The van der Waals surface area contributed by atoms with Crippen molar-refractivity contribution in [3.63, 3.8) is 0 Å². The largest absolute Gasteiger partial charge is 0.305 e. The molecule has 1 nitrogen and oxygen atoms in total. The van der Waals surface area contributed by atoms with Crippen LogP contribution in [0.2, 0.25) is 0 Å². The van der Waals surface area contributed by atoms with Crippen molar-refractivity contribution in [1.82, 2.24) is 4.90 Å². The molecule has 9 heavy (non-hydrogen) atoms. The molecule has 0 aliphatic heterocycles. The van der Waals surface area contributed by atoms with E-state index in [1.54, 1.807) is 0 Å². The maximum atomic E-state index is 3.13. The second-order valence-electron chi connectivity index (χ2n) is 2.61. The molecule has 0 amide bonds. The summed E-state index contributed by atoms with van der Waals surface area (Å²) in [5.41, 5.74) is 4.36. The van der Waals surface area contributed by atoms with Crippen LogP contribution < -0.4 is 0 Å². The van der Waals surface area contributed by atoms with E-state index in [0.29, 0.717) is 0 Å². The lowest BCUT2D eigenvalue weighted by molar-refractivity contribution is 0.456. The fourth-order valence-electron chi connectivity index (χ4n) is 0.432. The maximum absolute atomic E-state index is 3.13. The highest BCUT2D eigenvalue weighted by Crippen LogP contribution is 1.83. The van der Waals surface area contributed by atoms with Gasteiger partial charge in [-0.25, -0.2) is 0 Å². The average molecular weight is 125 g/mol. The van der Waals surface area contributed by atoms with Crippen LogP contribution in [0.3, 0.4) is 0 Å². The summed E-state index contributed by atoms with van der Waals surface area (Å²) in [6.07, 6.45) is 2.04. The molecule has 0 heterocycles. The predicted molar refractivity (Wildman–Crippen MR) is 41.5 cm³/mol. The van der Waals surface area contributed by atoms with Crippen molar-refractivity contribution in [2.24, 2.45) is 0 Å². The van der Waals surface area contributed by atoms with Gasteiger partial charge in [-0.05, 0) is 39.6 Å². The second-order valence-corrected chi connectivity index (χ2v) is 2.61. The summed E-state index contributed by atoms with van der Waals surface area (Å²) >= 11 is 0. The SMILES string of the molecule is CC(C)=C=CCN(C)C. The standard InChI is InChI=1S/C8H15N/c1-8(2)6-5-7-9(3)4/h5H,7H2,1-4H3. The molecule has 0 N–H and O–H groups in total. The van der Waals surface area contributed by atoms with Gasteiger partial charge in [-0.1, -0.05) is 0 Å². The first-order chi connectivity index (χ1) is 4.13. The Morgan fingerprint density at radius 3 is 2.33 bits per heavy atom. The molecule has 0 aromatic carbocycles. The van der Waals surface area contributed by atoms with Gasteiger partial charge in [-0.2, -0.15) is 0 Å². The van der Waals surface area contributed by atoms with E-state index in [1.165, 1.54) is 5.57 Å². The first-order valence-electron chi connectivity index (χ1n) is 3.16. The minimum atomic E-state index is 0.977. The molecular formula is C8H15N. The van der Waals surface area contributed by atoms with E-state index < -0.39 is 0 Å². The molecule has 0 aromatic heterocycles. The molecule has 1 heteroatoms. The molecule has 0 fully saturated rings. The van der Waals surface area contributed by atoms with Gasteiger partial charge in [-0.3, -0.25) is 0 Å². The van der Waals surface area contributed by atoms with Crippen molar-refractivity contribution in [1.29, 1.82) is 0 Å². The summed E-state index contributed by atoms with van der Waals surface area (Å²) < 4.78 is 0. The minimum Gasteiger partial charge on any atom is -0.305 e. The van der Waals surface area contributed by atoms with Crippen molar-refractivity contribution in [2.75, 3.05) is 20.6 Å². The van der Waals surface area contributed by atoms with Crippen LogP contribution >= 0.6 is 0 Å². The summed E-state index contributed by atoms with van der Waals surface area (Å²) in [6, 6.07) is 0. The van der Waals surface area contributed by atoms with E-state index >= 15 is 0 Å². The predicted octanol–water partition coefficient (Wildman–Crippen LogP) is 1.67. The lowest BCUT2D eigenvalue weighted by Crippen LogP contribution is -2.09. The zero-order valence-corrected chi connectivity index (χ0v) is 6.73. The Bertz CT molecular complexity index is 124. The van der Waals surface area contributed by atoms with Gasteiger partial charge in [0.25, 0.3) is 0 Å². The summed E-state index contributed by atoms with van der Waals surface area (Å²) in [7, 11) is 4.09. The fourth-order valence-corrected chi connectivity index (χ4v) is 0.432. The van der Waals surface area contributed by atoms with Gasteiger partial charge in [0, 0.05) is 6.54 Å². The number of rotatable bonds is 2. The van der Waals surface area contributed by atoms with Crippen molar-refractivity contribution >= 4 is 0 Å². The normalized spacial score (nSPS) is 9.00. The number of hydrogen-bond acceptors (Lipinski definition) is 1. The van der Waals surface area contributed by atoms with Crippen molar-refractivity contribution in [2.45, 2.75) is 13.8 Å². The van der Waals surface area contributed by atoms with Gasteiger partial charge >= 0.3 is 0 Å². The van der Waals surface area contributed by atoms with E-state index in [1.807, 2.05) is 34.0 Å². The summed E-state index contributed by atoms with van der Waals surface area (Å²) in [5, 5.41) is 0. The van der Waals surface area contributed by atoms with Crippen LogP contribution in [0.5, 0.6) is 0 Å². The highest BCUT2D eigenvalue weighted by molar-refractivity contribution is 4.94. The Morgan fingerprint density at radius 2 is 2.00 bits per heavy atom. The lowest BCUT2D eigenvalue weighted by atomic mass is 10.3. The third-order valence-corrected chi connectivity index (χ3v) is 0.847. The van der Waals surface area contributed by atoms with Gasteiger partial charge in [0.15, 0.2) is 0 Å². The van der Waals surface area contributed by atoms with Crippen molar-refractivity contribution in [3.8, 4) is 0 Å². The molecule has 0 aromatic rings. The Balaban J connectivity index is 3.61. The van der Waals surface area contributed by atoms with Gasteiger partial charge < -0.3 is 4.90 Å². The van der Waals surface area contributed by atoms with E-state index in [-0.39, 0.29) is 0 Å². The molecule has 0 spiro atoms. The number of likely N-dealkylation sites (N-methyl/N-ethyl adjacent to an activating group) is 1. The molecule has 0 radical (unpaired) electrons. The molecule has 0 atom stereocenters. The first kappa shape index (κ1) is 8.48. The fraction of sp³-hybridized carbons (Fsp3) is 0.625. The third-order valence-electron chi connectivity index (χ3n) is 0.847. The van der Waals surface area contributed by atoms with E-state index in [0.717, 1.165) is 6.54 Å². The monoisotopic (exact) mass is 125 g/mol. The maximum Gasteiger partial charge on any atom is 0.0232 e. The zero-order chi connectivity index (χ0) is 7.28. The van der Waals surface area contributed by atoms with Crippen LogP contribution in [0.15, 0.2) is 17.4 Å². The van der Waals surface area contributed by atoms with Crippen LogP contribution in [-0.2, 0) is 0 Å². The summed E-state index contributed by atoms with van der Waals surface area (Å²) in [4.78, 5) is 2.11. The quantitative estimate of drug-likeness (QED) is 0.507. The third kappa shape index (κ3) is 7.48. The van der Waals surface area contributed by atoms with Crippen LogP contribution in [0.4, 0.5) is 0 Å². The van der Waals surface area contributed by atoms with E-state index in [2.05, 4.69) is 10.6 Å². The van der Waals surface area contributed by atoms with Crippen LogP contribution in [0.25, 0.3) is 0 Å². The Labute approximate surface area is 57.7 Å². The summed E-state index contributed by atoms with van der Waals surface area (Å²) in [6.45, 7) is 5.07. The summed E-state index contributed by atoms with van der Waals surface area (Å²) in [5.74, 6) is 0. The van der Waals surface area contributed by atoms with Crippen LogP contribution in [0, 0.1) is 0 Å². The van der Waals surface area contributed by atoms with Gasteiger partial charge in [0.2, 0.25) is 0 Å². The molecule has 0 saturated heterocycles. The molecule has 0 bridgehead atoms. The van der Waals surface area contributed by atoms with Crippen molar-refractivity contribution in [3.05, 3.63) is 17.4 Å². The first-order valence-corrected chi connectivity index (χ1v) is 3.16. The number of hydrogen-bond donors (Lipinski definition) is 0. The Hall–Kier alpha value is -0.520. The minimum absolute atomic E-state index is 0.977. The highest BCUT2D eigenvalue weighted by atomic mass is 15.0. The molecule has 0 unspecified atom stereocenters. The topological polar surface area (TPSA) is 3.24 Å². The van der Waals surface area contributed by atoms with Crippen LogP contribution in [0.1, 0.15) is 13.8 Å². The molecule has 52 valence electrons. The molecular weight excluding hydrogens is 110 g/mol. The van der Waals surface area contributed by atoms with Crippen LogP contribution in [-0.4, -0.2) is 25.5 Å². The van der Waals surface area contributed by atoms with Gasteiger partial charge in [0.1, 0.15) is 0 Å². The molecule has 0 aliphatic carbocycles. The van der Waals surface area contributed by atoms with Crippen molar-refractivity contribution < 1.29 is 0 Å². The van der Waals surface area contributed by atoms with Gasteiger partial charge in [-0.15, -0.1) is 5.73 Å². The molecule has 0 aliphatic rings. The Morgan fingerprint density at radius 1 is 1.44 bits per heavy atom. The Kier molecular flexibility index (Phi) is 4.12. The van der Waals surface area contributed by atoms with Gasteiger partial charge in [0.05, 0.1) is 0 Å². The number of nitrogens with zero attached hydrogens (tertiary/aromatic N) is 1. The van der Waals surface area contributed by atoms with E-state index in [4.69, 9.17) is 0 Å². The highest BCUT2D eigenvalue weighted by Gasteiger charge is 1.78. The smallest absolute Gasteiger partial charge is 0.0232 e. The average Bonchev–Trinajstić information content (AvgIpc) is 1.63. The van der Waals surface area contributed by atoms with E-state index in [9.17, 15) is 0 Å². The molecule has 0 rings (SSSR count).